The molecule has 0 radical (unpaired) electrons. The van der Waals surface area contributed by atoms with Gasteiger partial charge in [-0.2, -0.15) is 0 Å². The Morgan fingerprint density at radius 1 is 0.840 bits per heavy atom. The Morgan fingerprint density at radius 2 is 1.52 bits per heavy atom. The van der Waals surface area contributed by atoms with Gasteiger partial charge in [-0.25, -0.2) is 0 Å². The quantitative estimate of drug-likeness (QED) is 0.474. The predicted molar refractivity (Wildman–Crippen MR) is 108 cm³/mol. The van der Waals surface area contributed by atoms with Crippen molar-refractivity contribution in [2.75, 3.05) is 0 Å². The SMILES string of the molecule is CCCCCc1ccc(C2CCC(C3CCC(CC)CC3)CC2)nc1. The summed E-state index contributed by atoms with van der Waals surface area (Å²) in [5, 5.41) is 0. The van der Waals surface area contributed by atoms with Crippen LogP contribution in [0.4, 0.5) is 0 Å². The zero-order valence-electron chi connectivity index (χ0n) is 16.7. The van der Waals surface area contributed by atoms with E-state index in [2.05, 4.69) is 32.2 Å². The maximum absolute atomic E-state index is 4.84. The summed E-state index contributed by atoms with van der Waals surface area (Å²) in [6.45, 7) is 4.64. The van der Waals surface area contributed by atoms with Crippen LogP contribution in [0.2, 0.25) is 0 Å². The lowest BCUT2D eigenvalue weighted by atomic mass is 9.68. The molecule has 2 saturated carbocycles. The van der Waals surface area contributed by atoms with Crippen LogP contribution >= 0.6 is 0 Å². The topological polar surface area (TPSA) is 12.9 Å². The summed E-state index contributed by atoms with van der Waals surface area (Å²) in [4.78, 5) is 4.84. The molecule has 0 bridgehead atoms. The first-order chi connectivity index (χ1) is 12.3. The standard InChI is InChI=1S/C24H39N/c1-3-5-6-7-20-10-17-24(25-18-20)23-15-13-22(14-16-23)21-11-8-19(4-2)9-12-21/h10,17-19,21-23H,3-9,11-16H2,1-2H3. The molecule has 1 heterocycles. The number of aromatic nitrogens is 1. The molecule has 0 spiro atoms. The number of hydrogen-bond acceptors (Lipinski definition) is 1. The van der Waals surface area contributed by atoms with Gasteiger partial charge in [0, 0.05) is 17.8 Å². The number of aryl methyl sites for hydroxylation is 1. The molecule has 2 fully saturated rings. The number of pyridine rings is 1. The maximum Gasteiger partial charge on any atom is 0.0434 e. The maximum atomic E-state index is 4.84. The van der Waals surface area contributed by atoms with Crippen molar-refractivity contribution in [1.29, 1.82) is 0 Å². The first-order valence-corrected chi connectivity index (χ1v) is 11.2. The van der Waals surface area contributed by atoms with Crippen LogP contribution in [-0.4, -0.2) is 4.98 Å². The second-order valence-electron chi connectivity index (χ2n) is 8.85. The fraction of sp³-hybridized carbons (Fsp3) is 0.792. The van der Waals surface area contributed by atoms with E-state index in [4.69, 9.17) is 4.98 Å². The average Bonchev–Trinajstić information content (AvgIpc) is 2.69. The molecule has 2 aliphatic rings. The molecule has 1 aromatic heterocycles. The molecule has 0 unspecified atom stereocenters. The van der Waals surface area contributed by atoms with E-state index in [0.717, 1.165) is 23.7 Å². The van der Waals surface area contributed by atoms with Gasteiger partial charge in [-0.15, -0.1) is 0 Å². The minimum absolute atomic E-state index is 0.730. The smallest absolute Gasteiger partial charge is 0.0434 e. The molecular weight excluding hydrogens is 302 g/mol. The first kappa shape index (κ1) is 18.9. The third-order valence-electron chi connectivity index (χ3n) is 7.24. The van der Waals surface area contributed by atoms with Crippen molar-refractivity contribution in [2.45, 2.75) is 103 Å². The van der Waals surface area contributed by atoms with Gasteiger partial charge in [0.15, 0.2) is 0 Å². The van der Waals surface area contributed by atoms with Gasteiger partial charge in [0.2, 0.25) is 0 Å². The fourth-order valence-electron chi connectivity index (χ4n) is 5.36. The van der Waals surface area contributed by atoms with E-state index < -0.39 is 0 Å². The third-order valence-corrected chi connectivity index (χ3v) is 7.24. The van der Waals surface area contributed by atoms with Gasteiger partial charge in [0.1, 0.15) is 0 Å². The lowest BCUT2D eigenvalue weighted by Crippen LogP contribution is -2.25. The Bertz CT molecular complexity index is 475. The van der Waals surface area contributed by atoms with Gasteiger partial charge in [-0.1, -0.05) is 52.0 Å². The van der Waals surface area contributed by atoms with E-state index in [1.54, 1.807) is 0 Å². The van der Waals surface area contributed by atoms with Crippen LogP contribution in [0.1, 0.15) is 108 Å². The highest BCUT2D eigenvalue weighted by Gasteiger charge is 2.31. The van der Waals surface area contributed by atoms with E-state index in [-0.39, 0.29) is 0 Å². The van der Waals surface area contributed by atoms with Crippen LogP contribution in [0.5, 0.6) is 0 Å². The van der Waals surface area contributed by atoms with Gasteiger partial charge < -0.3 is 0 Å². The van der Waals surface area contributed by atoms with E-state index in [1.807, 2.05) is 0 Å². The molecule has 0 aromatic carbocycles. The van der Waals surface area contributed by atoms with Crippen molar-refractivity contribution >= 4 is 0 Å². The van der Waals surface area contributed by atoms with Crippen LogP contribution in [0.15, 0.2) is 18.3 Å². The largest absolute Gasteiger partial charge is 0.261 e. The molecule has 25 heavy (non-hydrogen) atoms. The Balaban J connectivity index is 1.44. The summed E-state index contributed by atoms with van der Waals surface area (Å²) in [6, 6.07) is 4.68. The summed E-state index contributed by atoms with van der Waals surface area (Å²) < 4.78 is 0. The molecule has 0 N–H and O–H groups in total. The van der Waals surface area contributed by atoms with Gasteiger partial charge in [-0.3, -0.25) is 4.98 Å². The number of hydrogen-bond donors (Lipinski definition) is 0. The summed E-state index contributed by atoms with van der Waals surface area (Å²) >= 11 is 0. The predicted octanol–water partition coefficient (Wildman–Crippen LogP) is 7.30. The molecule has 0 aliphatic heterocycles. The minimum atomic E-state index is 0.730. The second-order valence-corrected chi connectivity index (χ2v) is 8.85. The van der Waals surface area contributed by atoms with Crippen LogP contribution in [0.25, 0.3) is 0 Å². The zero-order valence-corrected chi connectivity index (χ0v) is 16.7. The van der Waals surface area contributed by atoms with Crippen LogP contribution in [0, 0.1) is 17.8 Å². The molecular formula is C24H39N. The van der Waals surface area contributed by atoms with E-state index in [1.165, 1.54) is 94.7 Å². The Hall–Kier alpha value is -0.850. The van der Waals surface area contributed by atoms with Gasteiger partial charge >= 0.3 is 0 Å². The monoisotopic (exact) mass is 341 g/mol. The lowest BCUT2D eigenvalue weighted by Gasteiger charge is -2.37. The molecule has 1 aromatic rings. The fourth-order valence-corrected chi connectivity index (χ4v) is 5.36. The molecule has 0 amide bonds. The highest BCUT2D eigenvalue weighted by Crippen LogP contribution is 2.43. The molecule has 3 rings (SSSR count). The number of unbranched alkanes of at least 4 members (excludes halogenated alkanes) is 2. The Morgan fingerprint density at radius 3 is 2.08 bits per heavy atom. The second kappa shape index (κ2) is 9.74. The summed E-state index contributed by atoms with van der Waals surface area (Å²) in [6.07, 6.45) is 20.4. The lowest BCUT2D eigenvalue weighted by molar-refractivity contribution is 0.158. The summed E-state index contributed by atoms with van der Waals surface area (Å²) in [5.41, 5.74) is 2.80. The highest BCUT2D eigenvalue weighted by atomic mass is 14.7. The molecule has 0 saturated heterocycles. The van der Waals surface area contributed by atoms with Gasteiger partial charge in [-0.05, 0) is 80.8 Å². The van der Waals surface area contributed by atoms with Crippen molar-refractivity contribution in [1.82, 2.24) is 4.98 Å². The van der Waals surface area contributed by atoms with Crippen molar-refractivity contribution in [3.63, 3.8) is 0 Å². The van der Waals surface area contributed by atoms with Gasteiger partial charge in [0.25, 0.3) is 0 Å². The number of rotatable bonds is 7. The molecule has 1 nitrogen and oxygen atoms in total. The van der Waals surface area contributed by atoms with Crippen LogP contribution in [0.3, 0.4) is 0 Å². The average molecular weight is 342 g/mol. The van der Waals surface area contributed by atoms with Crippen molar-refractivity contribution < 1.29 is 0 Å². The Kier molecular flexibility index (Phi) is 7.37. The van der Waals surface area contributed by atoms with Crippen molar-refractivity contribution in [3.05, 3.63) is 29.6 Å². The van der Waals surface area contributed by atoms with Crippen LogP contribution < -0.4 is 0 Å². The normalized spacial score (nSPS) is 30.3. The third kappa shape index (κ3) is 5.31. The minimum Gasteiger partial charge on any atom is -0.261 e. The van der Waals surface area contributed by atoms with Gasteiger partial charge in [0.05, 0.1) is 0 Å². The van der Waals surface area contributed by atoms with Crippen LogP contribution in [-0.2, 0) is 6.42 Å². The van der Waals surface area contributed by atoms with Crippen molar-refractivity contribution in [2.24, 2.45) is 17.8 Å². The van der Waals surface area contributed by atoms with E-state index >= 15 is 0 Å². The molecule has 0 atom stereocenters. The highest BCUT2D eigenvalue weighted by molar-refractivity contribution is 5.17. The molecule has 1 heteroatoms. The molecule has 2 aliphatic carbocycles. The van der Waals surface area contributed by atoms with E-state index in [9.17, 15) is 0 Å². The zero-order chi connectivity index (χ0) is 17.5. The summed E-state index contributed by atoms with van der Waals surface area (Å²) in [5.74, 6) is 3.82. The van der Waals surface area contributed by atoms with E-state index in [0.29, 0.717) is 0 Å². The number of nitrogens with zero attached hydrogens (tertiary/aromatic N) is 1. The van der Waals surface area contributed by atoms with Crippen molar-refractivity contribution in [3.8, 4) is 0 Å². The first-order valence-electron chi connectivity index (χ1n) is 11.2. The summed E-state index contributed by atoms with van der Waals surface area (Å²) in [7, 11) is 0. The Labute approximate surface area is 156 Å². The molecule has 140 valence electrons.